The maximum absolute atomic E-state index is 12.8. The van der Waals surface area contributed by atoms with Crippen LogP contribution in [0.15, 0.2) is 0 Å². The molecular weight excluding hydrogens is 278 g/mol. The minimum Gasteiger partial charge on any atom is -0.379 e. The standard InChI is InChI=1S/C17H29N3O2/c21-17(16-11-13-3-1-2-4-15(13)18-16)20-6-5-14(12-20)19-7-9-22-10-8-19/h13-16,18H,1-12H2. The van der Waals surface area contributed by atoms with Gasteiger partial charge >= 0.3 is 0 Å². The van der Waals surface area contributed by atoms with E-state index in [0.29, 0.717) is 18.0 Å². The van der Waals surface area contributed by atoms with Gasteiger partial charge in [-0.1, -0.05) is 12.8 Å². The monoisotopic (exact) mass is 307 g/mol. The molecule has 3 heterocycles. The van der Waals surface area contributed by atoms with Gasteiger partial charge in [-0.05, 0) is 31.6 Å². The molecule has 0 radical (unpaired) electrons. The van der Waals surface area contributed by atoms with Crippen LogP contribution in [0.25, 0.3) is 0 Å². The Labute approximate surface area is 133 Å². The van der Waals surface area contributed by atoms with Crippen LogP contribution in [-0.2, 0) is 9.53 Å². The Balaban J connectivity index is 1.32. The van der Waals surface area contributed by atoms with Crippen molar-refractivity contribution in [2.24, 2.45) is 5.92 Å². The van der Waals surface area contributed by atoms with E-state index in [-0.39, 0.29) is 6.04 Å². The van der Waals surface area contributed by atoms with Crippen LogP contribution in [0.4, 0.5) is 0 Å². The molecule has 0 spiro atoms. The highest BCUT2D eigenvalue weighted by molar-refractivity contribution is 5.82. The van der Waals surface area contributed by atoms with Crippen molar-refractivity contribution in [3.8, 4) is 0 Å². The number of amides is 1. The lowest BCUT2D eigenvalue weighted by Gasteiger charge is -2.32. The number of carbonyl (C=O) groups excluding carboxylic acids is 1. The summed E-state index contributed by atoms with van der Waals surface area (Å²) in [5.74, 6) is 1.12. The molecule has 5 heteroatoms. The molecule has 4 aliphatic rings. The van der Waals surface area contributed by atoms with Crippen molar-refractivity contribution < 1.29 is 9.53 Å². The largest absolute Gasteiger partial charge is 0.379 e. The molecular formula is C17H29N3O2. The highest BCUT2D eigenvalue weighted by Crippen LogP contribution is 2.34. The van der Waals surface area contributed by atoms with Gasteiger partial charge in [-0.15, -0.1) is 0 Å². The molecule has 4 fully saturated rings. The lowest BCUT2D eigenvalue weighted by molar-refractivity contribution is -0.132. The highest BCUT2D eigenvalue weighted by atomic mass is 16.5. The normalized spacial score (nSPS) is 39.9. The lowest BCUT2D eigenvalue weighted by Crippen LogP contribution is -2.48. The van der Waals surface area contributed by atoms with Crippen LogP contribution in [0.5, 0.6) is 0 Å². The molecule has 5 nitrogen and oxygen atoms in total. The SMILES string of the molecule is O=C(C1CC2CCCCC2N1)N1CCC(N2CCOCC2)C1. The molecule has 1 amide bonds. The fourth-order valence-corrected chi connectivity index (χ4v) is 4.91. The van der Waals surface area contributed by atoms with Crippen molar-refractivity contribution >= 4 is 5.91 Å². The van der Waals surface area contributed by atoms with Gasteiger partial charge in [0.2, 0.25) is 5.91 Å². The van der Waals surface area contributed by atoms with Crippen LogP contribution in [0, 0.1) is 5.92 Å². The Morgan fingerprint density at radius 2 is 1.86 bits per heavy atom. The Hall–Kier alpha value is -0.650. The number of nitrogens with zero attached hydrogens (tertiary/aromatic N) is 2. The zero-order valence-corrected chi connectivity index (χ0v) is 13.5. The van der Waals surface area contributed by atoms with Gasteiger partial charge in [-0.25, -0.2) is 0 Å². The third-order valence-electron chi connectivity index (χ3n) is 6.20. The molecule has 1 saturated carbocycles. The summed E-state index contributed by atoms with van der Waals surface area (Å²) in [4.78, 5) is 17.5. The van der Waals surface area contributed by atoms with Crippen molar-refractivity contribution in [2.45, 2.75) is 56.7 Å². The highest BCUT2D eigenvalue weighted by Gasteiger charge is 2.41. The summed E-state index contributed by atoms with van der Waals surface area (Å²) in [7, 11) is 0. The van der Waals surface area contributed by atoms with Gasteiger partial charge in [0.15, 0.2) is 0 Å². The topological polar surface area (TPSA) is 44.8 Å². The van der Waals surface area contributed by atoms with Gasteiger partial charge < -0.3 is 15.0 Å². The van der Waals surface area contributed by atoms with E-state index in [9.17, 15) is 4.79 Å². The van der Waals surface area contributed by atoms with Gasteiger partial charge in [0.25, 0.3) is 0 Å². The van der Waals surface area contributed by atoms with E-state index in [4.69, 9.17) is 4.74 Å². The molecule has 0 bridgehead atoms. The Morgan fingerprint density at radius 3 is 2.68 bits per heavy atom. The number of fused-ring (bicyclic) bond motifs is 1. The number of likely N-dealkylation sites (tertiary alicyclic amines) is 1. The quantitative estimate of drug-likeness (QED) is 0.821. The summed E-state index contributed by atoms with van der Waals surface area (Å²) in [5.41, 5.74) is 0. The average Bonchev–Trinajstić information content (AvgIpc) is 3.22. The molecule has 1 N–H and O–H groups in total. The van der Waals surface area contributed by atoms with Crippen molar-refractivity contribution in [2.75, 3.05) is 39.4 Å². The Bertz CT molecular complexity index is 397. The molecule has 0 aromatic rings. The van der Waals surface area contributed by atoms with Gasteiger partial charge in [0.05, 0.1) is 19.3 Å². The van der Waals surface area contributed by atoms with Crippen LogP contribution < -0.4 is 5.32 Å². The van der Waals surface area contributed by atoms with E-state index in [1.807, 2.05) is 0 Å². The van der Waals surface area contributed by atoms with E-state index in [0.717, 1.165) is 58.2 Å². The second-order valence-corrected chi connectivity index (χ2v) is 7.48. The maximum Gasteiger partial charge on any atom is 0.239 e. The molecule has 0 aromatic carbocycles. The number of nitrogens with one attached hydrogen (secondary N) is 1. The van der Waals surface area contributed by atoms with Crippen LogP contribution in [0.2, 0.25) is 0 Å². The number of carbonyl (C=O) groups is 1. The Kier molecular flexibility index (Phi) is 4.38. The maximum atomic E-state index is 12.8. The fourth-order valence-electron chi connectivity index (χ4n) is 4.91. The van der Waals surface area contributed by atoms with E-state index >= 15 is 0 Å². The molecule has 4 unspecified atom stereocenters. The summed E-state index contributed by atoms with van der Waals surface area (Å²) in [6, 6.07) is 1.26. The lowest BCUT2D eigenvalue weighted by atomic mass is 9.85. The van der Waals surface area contributed by atoms with E-state index in [2.05, 4.69) is 15.1 Å². The van der Waals surface area contributed by atoms with E-state index in [1.165, 1.54) is 25.7 Å². The van der Waals surface area contributed by atoms with Crippen LogP contribution in [0.3, 0.4) is 0 Å². The zero-order valence-electron chi connectivity index (χ0n) is 13.5. The predicted molar refractivity (Wildman–Crippen MR) is 84.7 cm³/mol. The predicted octanol–water partition coefficient (Wildman–Crippen LogP) is 0.840. The number of rotatable bonds is 2. The van der Waals surface area contributed by atoms with Gasteiger partial charge in [0.1, 0.15) is 0 Å². The van der Waals surface area contributed by atoms with Crippen molar-refractivity contribution in [1.82, 2.24) is 15.1 Å². The molecule has 22 heavy (non-hydrogen) atoms. The first-order valence-electron chi connectivity index (χ1n) is 9.18. The third kappa shape index (κ3) is 2.91. The molecule has 3 saturated heterocycles. The Morgan fingerprint density at radius 1 is 1.05 bits per heavy atom. The molecule has 124 valence electrons. The summed E-state index contributed by atoms with van der Waals surface area (Å²) >= 11 is 0. The minimum atomic E-state index is 0.0940. The smallest absolute Gasteiger partial charge is 0.239 e. The zero-order chi connectivity index (χ0) is 14.9. The van der Waals surface area contributed by atoms with Crippen molar-refractivity contribution in [1.29, 1.82) is 0 Å². The molecule has 4 rings (SSSR count). The number of hydrogen-bond acceptors (Lipinski definition) is 4. The first kappa shape index (κ1) is 14.9. The number of ether oxygens (including phenoxy) is 1. The molecule has 1 aliphatic carbocycles. The van der Waals surface area contributed by atoms with Gasteiger partial charge in [0, 0.05) is 38.3 Å². The van der Waals surface area contributed by atoms with E-state index < -0.39 is 0 Å². The third-order valence-corrected chi connectivity index (χ3v) is 6.20. The van der Waals surface area contributed by atoms with Crippen molar-refractivity contribution in [3.05, 3.63) is 0 Å². The fraction of sp³-hybridized carbons (Fsp3) is 0.941. The number of hydrogen-bond donors (Lipinski definition) is 1. The second kappa shape index (κ2) is 6.46. The summed E-state index contributed by atoms with van der Waals surface area (Å²) in [6.07, 6.45) is 7.47. The van der Waals surface area contributed by atoms with Gasteiger partial charge in [-0.2, -0.15) is 0 Å². The first-order chi connectivity index (χ1) is 10.8. The number of morpholine rings is 1. The van der Waals surface area contributed by atoms with Crippen LogP contribution in [-0.4, -0.2) is 73.2 Å². The summed E-state index contributed by atoms with van der Waals surface area (Å²) < 4.78 is 5.44. The summed E-state index contributed by atoms with van der Waals surface area (Å²) in [6.45, 7) is 5.60. The average molecular weight is 307 g/mol. The second-order valence-electron chi connectivity index (χ2n) is 7.48. The molecule has 4 atom stereocenters. The molecule has 0 aromatic heterocycles. The van der Waals surface area contributed by atoms with E-state index in [1.54, 1.807) is 0 Å². The summed E-state index contributed by atoms with van der Waals surface area (Å²) in [5, 5.41) is 3.64. The van der Waals surface area contributed by atoms with Gasteiger partial charge in [-0.3, -0.25) is 9.69 Å². The minimum absolute atomic E-state index is 0.0940. The first-order valence-corrected chi connectivity index (χ1v) is 9.18. The van der Waals surface area contributed by atoms with Crippen LogP contribution >= 0.6 is 0 Å². The van der Waals surface area contributed by atoms with Crippen LogP contribution in [0.1, 0.15) is 38.5 Å². The van der Waals surface area contributed by atoms with Crippen molar-refractivity contribution in [3.63, 3.8) is 0 Å². The molecule has 3 aliphatic heterocycles.